The van der Waals surface area contributed by atoms with Gasteiger partial charge in [-0.15, -0.1) is 0 Å². The zero-order valence-electron chi connectivity index (χ0n) is 22.9. The van der Waals surface area contributed by atoms with E-state index in [1.165, 1.54) is 30.3 Å². The third-order valence-electron chi connectivity index (χ3n) is 8.05. The number of nitrogens with one attached hydrogen (secondary N) is 1. The summed E-state index contributed by atoms with van der Waals surface area (Å²) in [6.45, 7) is 3.75. The summed E-state index contributed by atoms with van der Waals surface area (Å²) in [5.41, 5.74) is 4.04. The fraction of sp³-hybridized carbons (Fsp3) is 0.433. The molecule has 0 aliphatic carbocycles. The van der Waals surface area contributed by atoms with E-state index in [4.69, 9.17) is 4.74 Å². The number of piperidine rings is 1. The Morgan fingerprint density at radius 2 is 1.80 bits per heavy atom. The highest BCUT2D eigenvalue weighted by molar-refractivity contribution is 7.93. The molecule has 3 atom stereocenters. The van der Waals surface area contributed by atoms with E-state index < -0.39 is 33.2 Å². The van der Waals surface area contributed by atoms with Crippen molar-refractivity contribution in [3.05, 3.63) is 59.1 Å². The summed E-state index contributed by atoms with van der Waals surface area (Å²) in [4.78, 5) is 2.04. The van der Waals surface area contributed by atoms with Crippen molar-refractivity contribution in [1.82, 2.24) is 9.29 Å². The Hall–Kier alpha value is -3.20. The second-order valence-electron chi connectivity index (χ2n) is 10.6. The Balaban J connectivity index is 1.38. The predicted molar refractivity (Wildman–Crippen MR) is 156 cm³/mol. The van der Waals surface area contributed by atoms with Gasteiger partial charge in [-0.05, 0) is 79.3 Å². The van der Waals surface area contributed by atoms with Crippen molar-refractivity contribution in [3.63, 3.8) is 0 Å². The number of sulfonamides is 1. The van der Waals surface area contributed by atoms with E-state index in [0.717, 1.165) is 29.7 Å². The molecule has 0 spiro atoms. The van der Waals surface area contributed by atoms with Crippen molar-refractivity contribution in [3.8, 4) is 17.3 Å². The zero-order chi connectivity index (χ0) is 28.4. The Morgan fingerprint density at radius 3 is 2.55 bits per heavy atom. The van der Waals surface area contributed by atoms with Gasteiger partial charge in [0, 0.05) is 55.9 Å². The molecule has 5 rings (SSSR count). The second kappa shape index (κ2) is 11.7. The molecular weight excluding hydrogens is 528 g/mol. The highest BCUT2D eigenvalue weighted by Crippen LogP contribution is 2.32. The summed E-state index contributed by atoms with van der Waals surface area (Å²) < 4.78 is 35.8. The van der Waals surface area contributed by atoms with Gasteiger partial charge in [0.2, 0.25) is 0 Å². The number of fused-ring (bicyclic) bond motifs is 1. The van der Waals surface area contributed by atoms with Crippen LogP contribution in [0, 0.1) is 11.3 Å². The van der Waals surface area contributed by atoms with Crippen LogP contribution in [-0.4, -0.2) is 67.8 Å². The largest absolute Gasteiger partial charge is 0.390 e. The van der Waals surface area contributed by atoms with Gasteiger partial charge >= 0.3 is 0 Å². The van der Waals surface area contributed by atoms with Crippen molar-refractivity contribution in [2.24, 2.45) is 7.05 Å². The molecule has 40 heavy (non-hydrogen) atoms. The van der Waals surface area contributed by atoms with Crippen LogP contribution in [0.5, 0.6) is 0 Å². The lowest BCUT2D eigenvalue weighted by Crippen LogP contribution is -2.50. The SMILES string of the molecule is C/C(=C(/C#N)S(=O)(=O)NC[C@H]1OCC[C@@H](O)[C@@H]1O)c1ccc(-c2ccc3cc(N4CCCCC4)ccc3c2)n1C. The Morgan fingerprint density at radius 1 is 1.07 bits per heavy atom. The quantitative estimate of drug-likeness (QED) is 0.375. The van der Waals surface area contributed by atoms with E-state index in [1.54, 1.807) is 6.92 Å². The minimum absolute atomic E-state index is 0.213. The molecule has 3 heterocycles. The number of aliphatic hydroxyl groups is 2. The summed E-state index contributed by atoms with van der Waals surface area (Å²) in [6, 6.07) is 18.4. The third kappa shape index (κ3) is 5.66. The van der Waals surface area contributed by atoms with E-state index in [-0.39, 0.29) is 19.6 Å². The summed E-state index contributed by atoms with van der Waals surface area (Å²) in [7, 11) is -2.35. The molecule has 212 valence electrons. The van der Waals surface area contributed by atoms with Crippen molar-refractivity contribution in [2.45, 2.75) is 50.9 Å². The number of rotatable bonds is 7. The molecule has 3 N–H and O–H groups in total. The molecule has 2 saturated heterocycles. The molecular formula is C30H36N4O5S. The van der Waals surface area contributed by atoms with Gasteiger partial charge in [0.05, 0.1) is 12.2 Å². The number of hydrogen-bond acceptors (Lipinski definition) is 7. The molecule has 2 fully saturated rings. The van der Waals surface area contributed by atoms with Crippen molar-refractivity contribution >= 4 is 32.1 Å². The molecule has 0 unspecified atom stereocenters. The van der Waals surface area contributed by atoms with Crippen LogP contribution in [0.1, 0.15) is 38.3 Å². The van der Waals surface area contributed by atoms with Crippen LogP contribution in [0.4, 0.5) is 5.69 Å². The van der Waals surface area contributed by atoms with E-state index in [2.05, 4.69) is 46.0 Å². The number of hydrogen-bond donors (Lipinski definition) is 3. The van der Waals surface area contributed by atoms with Crippen LogP contribution >= 0.6 is 0 Å². The minimum Gasteiger partial charge on any atom is -0.390 e. The van der Waals surface area contributed by atoms with Crippen LogP contribution in [-0.2, 0) is 21.8 Å². The lowest BCUT2D eigenvalue weighted by atomic mass is 10.0. The minimum atomic E-state index is -4.20. The number of benzene rings is 2. The van der Waals surface area contributed by atoms with Crippen LogP contribution in [0.15, 0.2) is 53.4 Å². The van der Waals surface area contributed by atoms with Gasteiger partial charge in [-0.25, -0.2) is 13.1 Å². The summed E-state index contributed by atoms with van der Waals surface area (Å²) in [5, 5.41) is 32.1. The van der Waals surface area contributed by atoms with Gasteiger partial charge in [-0.3, -0.25) is 0 Å². The Bertz CT molecular complexity index is 1570. The van der Waals surface area contributed by atoms with Gasteiger partial charge < -0.3 is 24.4 Å². The standard InChI is InChI=1S/C30H36N4O5S/c1-20(29(18-31)40(37,38)32-19-28-30(36)27(35)12-15-39-28)25-10-11-26(33(25)2)23-7-6-22-17-24(9-8-21(22)16-23)34-13-4-3-5-14-34/h6-11,16-17,27-28,30,32,35-36H,3-5,12-15,19H2,1-2H3/b29-20+/t27-,28-,30+/m1/s1. The van der Waals surface area contributed by atoms with Crippen LogP contribution in [0.25, 0.3) is 27.6 Å². The Labute approximate surface area is 235 Å². The fourth-order valence-electron chi connectivity index (χ4n) is 5.68. The molecule has 0 bridgehead atoms. The number of nitriles is 1. The average molecular weight is 565 g/mol. The van der Waals surface area contributed by atoms with Gasteiger partial charge in [-0.2, -0.15) is 5.26 Å². The topological polar surface area (TPSA) is 128 Å². The van der Waals surface area contributed by atoms with E-state index in [1.807, 2.05) is 29.8 Å². The van der Waals surface area contributed by atoms with Crippen LogP contribution in [0.3, 0.4) is 0 Å². The monoisotopic (exact) mass is 564 g/mol. The van der Waals surface area contributed by atoms with E-state index in [0.29, 0.717) is 11.3 Å². The molecule has 0 radical (unpaired) electrons. The summed E-state index contributed by atoms with van der Waals surface area (Å²) in [5.74, 6) is 0. The van der Waals surface area contributed by atoms with Crippen molar-refractivity contribution in [1.29, 1.82) is 5.26 Å². The number of ether oxygens (including phenoxy) is 1. The maximum atomic E-state index is 13.1. The second-order valence-corrected chi connectivity index (χ2v) is 12.3. The normalized spacial score (nSPS) is 22.7. The molecule has 2 aromatic carbocycles. The van der Waals surface area contributed by atoms with Crippen LogP contribution in [0.2, 0.25) is 0 Å². The first kappa shape index (κ1) is 28.3. The van der Waals surface area contributed by atoms with Crippen molar-refractivity contribution < 1.29 is 23.4 Å². The summed E-state index contributed by atoms with van der Waals surface area (Å²) in [6.07, 6.45) is 0.944. The molecule has 10 heteroatoms. The lowest BCUT2D eigenvalue weighted by molar-refractivity contribution is -0.131. The maximum Gasteiger partial charge on any atom is 0.251 e. The van der Waals surface area contributed by atoms with Gasteiger partial charge in [0.1, 0.15) is 12.2 Å². The molecule has 0 saturated carbocycles. The first-order valence-electron chi connectivity index (χ1n) is 13.7. The summed E-state index contributed by atoms with van der Waals surface area (Å²) >= 11 is 0. The van der Waals surface area contributed by atoms with E-state index in [9.17, 15) is 23.9 Å². The zero-order valence-corrected chi connectivity index (χ0v) is 23.7. The first-order chi connectivity index (χ1) is 19.2. The highest BCUT2D eigenvalue weighted by atomic mass is 32.2. The van der Waals surface area contributed by atoms with E-state index >= 15 is 0 Å². The highest BCUT2D eigenvalue weighted by Gasteiger charge is 2.33. The molecule has 3 aromatic rings. The number of anilines is 1. The predicted octanol–water partition coefficient (Wildman–Crippen LogP) is 3.52. The number of allylic oxidation sites excluding steroid dienone is 2. The van der Waals surface area contributed by atoms with Crippen molar-refractivity contribution in [2.75, 3.05) is 31.1 Å². The number of aromatic nitrogens is 1. The number of aliphatic hydroxyl groups excluding tert-OH is 2. The average Bonchev–Trinajstić information content (AvgIpc) is 3.35. The molecule has 1 aromatic heterocycles. The van der Waals surface area contributed by atoms with Gasteiger partial charge in [0.15, 0.2) is 4.91 Å². The molecule has 9 nitrogen and oxygen atoms in total. The van der Waals surface area contributed by atoms with Crippen LogP contribution < -0.4 is 9.62 Å². The molecule has 0 amide bonds. The lowest BCUT2D eigenvalue weighted by Gasteiger charge is -2.31. The molecule has 2 aliphatic heterocycles. The maximum absolute atomic E-state index is 13.1. The van der Waals surface area contributed by atoms with Gasteiger partial charge in [0.25, 0.3) is 10.0 Å². The number of nitrogens with zero attached hydrogens (tertiary/aromatic N) is 3. The fourth-order valence-corrected chi connectivity index (χ4v) is 6.84. The molecule has 2 aliphatic rings. The first-order valence-corrected chi connectivity index (χ1v) is 15.2. The smallest absolute Gasteiger partial charge is 0.251 e. The third-order valence-corrected chi connectivity index (χ3v) is 9.53. The Kier molecular flexibility index (Phi) is 8.31. The van der Waals surface area contributed by atoms with Gasteiger partial charge in [-0.1, -0.05) is 18.2 Å².